The zero-order chi connectivity index (χ0) is 14.3. The molecular weight excluding hydrogens is 238 g/mol. The highest BCUT2D eigenvalue weighted by atomic mass is 16.5. The van der Waals surface area contributed by atoms with Crippen molar-refractivity contribution in [3.8, 4) is 5.88 Å². The van der Waals surface area contributed by atoms with E-state index in [0.717, 1.165) is 17.7 Å². The van der Waals surface area contributed by atoms with E-state index in [1.54, 1.807) is 0 Å². The van der Waals surface area contributed by atoms with Crippen molar-refractivity contribution in [2.75, 3.05) is 6.61 Å². The van der Waals surface area contributed by atoms with E-state index in [-0.39, 0.29) is 5.84 Å². The number of pyridine rings is 1. The fourth-order valence-electron chi connectivity index (χ4n) is 2.11. The van der Waals surface area contributed by atoms with Crippen LogP contribution < -0.4 is 10.5 Å². The van der Waals surface area contributed by atoms with Gasteiger partial charge in [0.15, 0.2) is 0 Å². The number of aromatic nitrogens is 1. The van der Waals surface area contributed by atoms with Crippen LogP contribution in [0.1, 0.15) is 55.8 Å². The SMILES string of the molecule is CCCCCCCOc1nc(C)cc(C)c1C(=N)N. The molecular formula is C15H25N3O. The smallest absolute Gasteiger partial charge is 0.224 e. The summed E-state index contributed by atoms with van der Waals surface area (Å²) >= 11 is 0. The fourth-order valence-corrected chi connectivity index (χ4v) is 2.11. The minimum Gasteiger partial charge on any atom is -0.477 e. The van der Waals surface area contributed by atoms with Crippen LogP contribution in [0.25, 0.3) is 0 Å². The molecule has 0 saturated carbocycles. The fraction of sp³-hybridized carbons (Fsp3) is 0.600. The molecule has 0 aliphatic heterocycles. The Bertz CT molecular complexity index is 430. The summed E-state index contributed by atoms with van der Waals surface area (Å²) < 4.78 is 5.71. The van der Waals surface area contributed by atoms with Crippen molar-refractivity contribution >= 4 is 5.84 Å². The Morgan fingerprint density at radius 2 is 1.95 bits per heavy atom. The van der Waals surface area contributed by atoms with Crippen LogP contribution >= 0.6 is 0 Å². The van der Waals surface area contributed by atoms with E-state index in [0.29, 0.717) is 18.1 Å². The summed E-state index contributed by atoms with van der Waals surface area (Å²) in [6, 6.07) is 1.92. The van der Waals surface area contributed by atoms with E-state index >= 15 is 0 Å². The molecule has 4 heteroatoms. The monoisotopic (exact) mass is 263 g/mol. The molecule has 0 fully saturated rings. The number of rotatable bonds is 8. The molecule has 19 heavy (non-hydrogen) atoms. The minimum atomic E-state index is 0.0194. The molecule has 106 valence electrons. The molecule has 1 heterocycles. The number of nitrogens with two attached hydrogens (primary N) is 1. The molecule has 0 radical (unpaired) electrons. The van der Waals surface area contributed by atoms with E-state index in [1.165, 1.54) is 25.7 Å². The van der Waals surface area contributed by atoms with Gasteiger partial charge in [0.2, 0.25) is 5.88 Å². The van der Waals surface area contributed by atoms with Gasteiger partial charge in [-0.3, -0.25) is 5.41 Å². The lowest BCUT2D eigenvalue weighted by atomic mass is 10.1. The summed E-state index contributed by atoms with van der Waals surface area (Å²) in [4.78, 5) is 4.35. The molecule has 0 aliphatic rings. The van der Waals surface area contributed by atoms with Gasteiger partial charge in [-0.25, -0.2) is 4.98 Å². The van der Waals surface area contributed by atoms with Crippen LogP contribution in [-0.4, -0.2) is 17.4 Å². The highest BCUT2D eigenvalue weighted by Crippen LogP contribution is 2.20. The Hall–Kier alpha value is -1.58. The summed E-state index contributed by atoms with van der Waals surface area (Å²) in [5.41, 5.74) is 8.06. The van der Waals surface area contributed by atoms with Crippen molar-refractivity contribution in [3.63, 3.8) is 0 Å². The van der Waals surface area contributed by atoms with Crippen molar-refractivity contribution in [1.82, 2.24) is 4.98 Å². The lowest BCUT2D eigenvalue weighted by molar-refractivity contribution is 0.292. The summed E-state index contributed by atoms with van der Waals surface area (Å²) in [6.45, 7) is 6.69. The van der Waals surface area contributed by atoms with Gasteiger partial charge < -0.3 is 10.5 Å². The number of unbranched alkanes of at least 4 members (excludes halogenated alkanes) is 4. The second-order valence-corrected chi connectivity index (χ2v) is 4.94. The number of aryl methyl sites for hydroxylation is 2. The van der Waals surface area contributed by atoms with Gasteiger partial charge >= 0.3 is 0 Å². The Kier molecular flexibility index (Phi) is 6.33. The van der Waals surface area contributed by atoms with Crippen molar-refractivity contribution in [2.45, 2.75) is 52.9 Å². The van der Waals surface area contributed by atoms with E-state index in [2.05, 4.69) is 11.9 Å². The zero-order valence-corrected chi connectivity index (χ0v) is 12.3. The molecule has 4 nitrogen and oxygen atoms in total. The van der Waals surface area contributed by atoms with Gasteiger partial charge in [-0.1, -0.05) is 32.6 Å². The average molecular weight is 263 g/mol. The quantitative estimate of drug-likeness (QED) is 0.429. The normalized spacial score (nSPS) is 10.5. The molecule has 0 aliphatic carbocycles. The molecule has 0 bridgehead atoms. The zero-order valence-electron chi connectivity index (χ0n) is 12.3. The van der Waals surface area contributed by atoms with Gasteiger partial charge in [0, 0.05) is 5.69 Å². The van der Waals surface area contributed by atoms with Crippen molar-refractivity contribution in [1.29, 1.82) is 5.41 Å². The number of ether oxygens (including phenoxy) is 1. The first kappa shape index (κ1) is 15.5. The molecule has 1 aromatic rings. The highest BCUT2D eigenvalue weighted by molar-refractivity contribution is 5.98. The minimum absolute atomic E-state index is 0.0194. The Morgan fingerprint density at radius 3 is 2.58 bits per heavy atom. The van der Waals surface area contributed by atoms with Crippen molar-refractivity contribution < 1.29 is 4.74 Å². The van der Waals surface area contributed by atoms with Gasteiger partial charge in [0.05, 0.1) is 12.2 Å². The predicted octanol–water partition coefficient (Wildman–Crippen LogP) is 3.33. The number of nitrogens with one attached hydrogen (secondary N) is 1. The first-order chi connectivity index (χ1) is 9.06. The summed E-state index contributed by atoms with van der Waals surface area (Å²) in [5.74, 6) is 0.520. The lowest BCUT2D eigenvalue weighted by Gasteiger charge is -2.12. The summed E-state index contributed by atoms with van der Waals surface area (Å²) in [5, 5.41) is 7.62. The molecule has 1 rings (SSSR count). The first-order valence-corrected chi connectivity index (χ1v) is 7.01. The van der Waals surface area contributed by atoms with E-state index in [4.69, 9.17) is 15.9 Å². The van der Waals surface area contributed by atoms with Crippen LogP contribution in [0.2, 0.25) is 0 Å². The number of hydrogen-bond donors (Lipinski definition) is 2. The molecule has 0 aromatic carbocycles. The third kappa shape index (κ3) is 4.89. The van der Waals surface area contributed by atoms with Crippen LogP contribution in [0, 0.1) is 19.3 Å². The molecule has 0 amide bonds. The van der Waals surface area contributed by atoms with E-state index in [9.17, 15) is 0 Å². The Morgan fingerprint density at radius 1 is 1.26 bits per heavy atom. The van der Waals surface area contributed by atoms with Gasteiger partial charge in [-0.05, 0) is 31.9 Å². The van der Waals surface area contributed by atoms with Crippen molar-refractivity contribution in [3.05, 3.63) is 22.9 Å². The predicted molar refractivity (Wildman–Crippen MR) is 79.0 cm³/mol. The maximum absolute atomic E-state index is 7.62. The van der Waals surface area contributed by atoms with E-state index < -0.39 is 0 Å². The second-order valence-electron chi connectivity index (χ2n) is 4.94. The number of nitrogens with zero attached hydrogens (tertiary/aromatic N) is 1. The van der Waals surface area contributed by atoms with Crippen LogP contribution in [0.3, 0.4) is 0 Å². The molecule has 0 saturated heterocycles. The van der Waals surface area contributed by atoms with Crippen LogP contribution in [0.4, 0.5) is 0 Å². The van der Waals surface area contributed by atoms with E-state index in [1.807, 2.05) is 19.9 Å². The Balaban J connectivity index is 2.59. The van der Waals surface area contributed by atoms with Gasteiger partial charge in [-0.2, -0.15) is 0 Å². The number of hydrogen-bond acceptors (Lipinski definition) is 3. The van der Waals surface area contributed by atoms with Gasteiger partial charge in [-0.15, -0.1) is 0 Å². The van der Waals surface area contributed by atoms with Crippen LogP contribution in [-0.2, 0) is 0 Å². The molecule has 3 N–H and O–H groups in total. The standard InChI is InChI=1S/C15H25N3O/c1-4-5-6-7-8-9-19-15-13(14(16)17)11(2)10-12(3)18-15/h10H,4-9H2,1-3H3,(H3,16,17). The molecule has 0 spiro atoms. The summed E-state index contributed by atoms with van der Waals surface area (Å²) in [6.07, 6.45) is 5.97. The number of amidine groups is 1. The number of nitrogen functional groups attached to an aromatic ring is 1. The molecule has 1 aromatic heterocycles. The third-order valence-corrected chi connectivity index (χ3v) is 3.07. The Labute approximate surface area is 115 Å². The second kappa shape index (κ2) is 7.77. The average Bonchev–Trinajstić information content (AvgIpc) is 2.32. The summed E-state index contributed by atoms with van der Waals surface area (Å²) in [7, 11) is 0. The van der Waals surface area contributed by atoms with Crippen LogP contribution in [0.15, 0.2) is 6.07 Å². The largest absolute Gasteiger partial charge is 0.477 e. The maximum Gasteiger partial charge on any atom is 0.224 e. The lowest BCUT2D eigenvalue weighted by Crippen LogP contribution is -2.16. The highest BCUT2D eigenvalue weighted by Gasteiger charge is 2.12. The third-order valence-electron chi connectivity index (χ3n) is 3.07. The van der Waals surface area contributed by atoms with Gasteiger partial charge in [0.25, 0.3) is 0 Å². The first-order valence-electron chi connectivity index (χ1n) is 7.01. The van der Waals surface area contributed by atoms with Crippen molar-refractivity contribution in [2.24, 2.45) is 5.73 Å². The topological polar surface area (TPSA) is 72.0 Å². The molecule has 0 atom stereocenters. The maximum atomic E-state index is 7.62. The molecule has 0 unspecified atom stereocenters. The van der Waals surface area contributed by atoms with Gasteiger partial charge in [0.1, 0.15) is 5.84 Å². The van der Waals surface area contributed by atoms with Crippen LogP contribution in [0.5, 0.6) is 5.88 Å².